The smallest absolute Gasteiger partial charge is 0.413 e. The van der Waals surface area contributed by atoms with Gasteiger partial charge in [0.05, 0.1) is 5.75 Å². The minimum Gasteiger partial charge on any atom is -0.444 e. The van der Waals surface area contributed by atoms with Gasteiger partial charge in [-0.1, -0.05) is 12.1 Å². The van der Waals surface area contributed by atoms with E-state index in [-0.39, 0.29) is 36.3 Å². The van der Waals surface area contributed by atoms with Gasteiger partial charge in [0.2, 0.25) is 0 Å². The first kappa shape index (κ1) is 28.7. The normalized spacial score (nSPS) is 14.2. The van der Waals surface area contributed by atoms with Gasteiger partial charge >= 0.3 is 11.8 Å². The van der Waals surface area contributed by atoms with Gasteiger partial charge in [0.1, 0.15) is 16.4 Å². The van der Waals surface area contributed by atoms with Crippen LogP contribution in [-0.4, -0.2) is 52.4 Å². The van der Waals surface area contributed by atoms with Crippen LogP contribution in [0.3, 0.4) is 0 Å². The van der Waals surface area contributed by atoms with Crippen LogP contribution in [0.25, 0.3) is 11.1 Å². The zero-order valence-corrected chi connectivity index (χ0v) is 23.3. The standard InChI is InChI=1S/C27H31N5O7S/c1-27(2,3)39-25(35)30-21-11-10-20(17-29-21)18-6-8-19(9-7-18)24(34)28-12-4-13-31-22(33)16-23-32(26(31)36)14-5-15-40(23,37)38/h6-11,16-17H,4-5,12-15H2,1-3H3,(H,28,34)(H,29,30,35). The first-order valence-corrected chi connectivity index (χ1v) is 14.4. The van der Waals surface area contributed by atoms with E-state index in [1.807, 2.05) is 0 Å². The number of hydrogen-bond acceptors (Lipinski definition) is 8. The third-order valence-corrected chi connectivity index (χ3v) is 7.87. The summed E-state index contributed by atoms with van der Waals surface area (Å²) in [5.41, 5.74) is 0.0865. The molecule has 0 saturated heterocycles. The molecule has 13 heteroatoms. The lowest BCUT2D eigenvalue weighted by atomic mass is 10.1. The number of aromatic nitrogens is 3. The number of carbonyl (C=O) groups excluding carboxylic acids is 2. The van der Waals surface area contributed by atoms with Gasteiger partial charge in [-0.2, -0.15) is 0 Å². The lowest BCUT2D eigenvalue weighted by Gasteiger charge is -2.19. The van der Waals surface area contributed by atoms with Gasteiger partial charge in [-0.15, -0.1) is 0 Å². The van der Waals surface area contributed by atoms with Crippen LogP contribution in [0.4, 0.5) is 10.6 Å². The highest BCUT2D eigenvalue weighted by Gasteiger charge is 2.26. The van der Waals surface area contributed by atoms with E-state index in [1.54, 1.807) is 63.4 Å². The molecule has 1 aliphatic rings. The summed E-state index contributed by atoms with van der Waals surface area (Å²) >= 11 is 0. The lowest BCUT2D eigenvalue weighted by Crippen LogP contribution is -2.44. The molecule has 3 aromatic rings. The highest BCUT2D eigenvalue weighted by atomic mass is 32.2. The molecule has 40 heavy (non-hydrogen) atoms. The number of ether oxygens (including phenoxy) is 1. The topological polar surface area (TPSA) is 158 Å². The number of nitrogens with one attached hydrogen (secondary N) is 2. The van der Waals surface area contributed by atoms with Crippen LogP contribution in [0.2, 0.25) is 0 Å². The molecule has 2 amide bonds. The number of pyridine rings is 1. The summed E-state index contributed by atoms with van der Waals surface area (Å²) in [6.07, 6.45) is 1.62. The van der Waals surface area contributed by atoms with E-state index in [0.29, 0.717) is 24.2 Å². The van der Waals surface area contributed by atoms with Crippen molar-refractivity contribution in [3.05, 3.63) is 75.1 Å². The number of fused-ring (bicyclic) bond motifs is 1. The van der Waals surface area contributed by atoms with Crippen LogP contribution in [0.15, 0.2) is 63.3 Å². The highest BCUT2D eigenvalue weighted by molar-refractivity contribution is 7.91. The molecule has 0 saturated carbocycles. The van der Waals surface area contributed by atoms with Gasteiger partial charge in [-0.25, -0.2) is 23.0 Å². The maximum absolute atomic E-state index is 12.7. The van der Waals surface area contributed by atoms with E-state index >= 15 is 0 Å². The molecule has 2 N–H and O–H groups in total. The number of benzene rings is 1. The Morgan fingerprint density at radius 2 is 1.75 bits per heavy atom. The van der Waals surface area contributed by atoms with Gasteiger partial charge < -0.3 is 10.1 Å². The second-order valence-corrected chi connectivity index (χ2v) is 12.4. The zero-order valence-electron chi connectivity index (χ0n) is 22.5. The monoisotopic (exact) mass is 569 g/mol. The summed E-state index contributed by atoms with van der Waals surface area (Å²) in [7, 11) is -3.63. The minimum atomic E-state index is -3.63. The Morgan fingerprint density at radius 3 is 2.40 bits per heavy atom. The SMILES string of the molecule is CC(C)(C)OC(=O)Nc1ccc(-c2ccc(C(=O)NCCCn3c(=O)cc4n(c3=O)CCCS4(=O)=O)cc2)cn1. The molecule has 2 aromatic heterocycles. The van der Waals surface area contributed by atoms with Crippen LogP contribution in [0, 0.1) is 0 Å². The van der Waals surface area contributed by atoms with Gasteiger partial charge in [0.25, 0.3) is 11.5 Å². The van der Waals surface area contributed by atoms with Crippen molar-refractivity contribution >= 4 is 27.7 Å². The number of amides is 2. The van der Waals surface area contributed by atoms with Crippen LogP contribution in [0.5, 0.6) is 0 Å². The van der Waals surface area contributed by atoms with Crippen LogP contribution < -0.4 is 21.9 Å². The summed E-state index contributed by atoms with van der Waals surface area (Å²) in [5.74, 6) is -0.0547. The van der Waals surface area contributed by atoms with Crippen molar-refractivity contribution < 1.29 is 22.7 Å². The number of nitrogens with zero attached hydrogens (tertiary/aromatic N) is 3. The van der Waals surface area contributed by atoms with Crippen LogP contribution in [-0.2, 0) is 27.7 Å². The Hall–Kier alpha value is -4.26. The summed E-state index contributed by atoms with van der Waals surface area (Å²) in [6.45, 7) is 5.80. The fraction of sp³-hybridized carbons (Fsp3) is 0.370. The number of sulfone groups is 1. The third kappa shape index (κ3) is 6.84. The van der Waals surface area contributed by atoms with E-state index in [1.165, 1.54) is 0 Å². The Balaban J connectivity index is 1.31. The Labute approximate surface area is 230 Å². The van der Waals surface area contributed by atoms with Gasteiger partial charge in [0, 0.05) is 43.0 Å². The molecule has 0 bridgehead atoms. The maximum atomic E-state index is 12.7. The molecule has 0 atom stereocenters. The molecule has 0 fully saturated rings. The summed E-state index contributed by atoms with van der Waals surface area (Å²) < 4.78 is 31.7. The quantitative estimate of drug-likeness (QED) is 0.324. The van der Waals surface area contributed by atoms with Crippen molar-refractivity contribution in [3.8, 4) is 11.1 Å². The predicted molar refractivity (Wildman–Crippen MR) is 148 cm³/mol. The molecule has 12 nitrogen and oxygen atoms in total. The summed E-state index contributed by atoms with van der Waals surface area (Å²) in [4.78, 5) is 53.8. The molecule has 0 aliphatic carbocycles. The van der Waals surface area contributed by atoms with Crippen molar-refractivity contribution in [1.29, 1.82) is 0 Å². The first-order chi connectivity index (χ1) is 18.8. The average Bonchev–Trinajstić information content (AvgIpc) is 2.88. The Morgan fingerprint density at radius 1 is 1.05 bits per heavy atom. The minimum absolute atomic E-state index is 0.0446. The van der Waals surface area contributed by atoms with Crippen molar-refractivity contribution in [3.63, 3.8) is 0 Å². The van der Waals surface area contributed by atoms with Gasteiger partial charge in [-0.3, -0.25) is 24.0 Å². The molecule has 1 aromatic carbocycles. The average molecular weight is 570 g/mol. The maximum Gasteiger partial charge on any atom is 0.413 e. The predicted octanol–water partition coefficient (Wildman–Crippen LogP) is 2.42. The van der Waals surface area contributed by atoms with Crippen molar-refractivity contribution in [2.45, 2.75) is 57.3 Å². The molecular weight excluding hydrogens is 538 g/mol. The Bertz CT molecular complexity index is 1630. The summed E-state index contributed by atoms with van der Waals surface area (Å²) in [5, 5.41) is 5.10. The largest absolute Gasteiger partial charge is 0.444 e. The molecule has 4 rings (SSSR count). The zero-order chi connectivity index (χ0) is 29.1. The molecule has 1 aliphatic heterocycles. The second-order valence-electron chi connectivity index (χ2n) is 10.3. The van der Waals surface area contributed by atoms with Crippen LogP contribution >= 0.6 is 0 Å². The Kier molecular flexibility index (Phi) is 8.24. The van der Waals surface area contributed by atoms with Crippen molar-refractivity contribution in [1.82, 2.24) is 19.4 Å². The van der Waals surface area contributed by atoms with Gasteiger partial charge in [-0.05, 0) is 63.4 Å². The third-order valence-electron chi connectivity index (χ3n) is 6.07. The highest BCUT2D eigenvalue weighted by Crippen LogP contribution is 2.21. The number of carbonyl (C=O) groups is 2. The van der Waals surface area contributed by atoms with E-state index in [9.17, 15) is 27.6 Å². The molecular formula is C27H31N5O7S. The molecule has 212 valence electrons. The fourth-order valence-electron chi connectivity index (χ4n) is 4.18. The number of rotatable bonds is 7. The van der Waals surface area contributed by atoms with Crippen molar-refractivity contribution in [2.75, 3.05) is 17.6 Å². The van der Waals surface area contributed by atoms with E-state index < -0.39 is 32.8 Å². The fourth-order valence-corrected chi connectivity index (χ4v) is 5.69. The first-order valence-electron chi connectivity index (χ1n) is 12.8. The molecule has 0 radical (unpaired) electrons. The van der Waals surface area contributed by atoms with E-state index in [0.717, 1.165) is 26.3 Å². The lowest BCUT2D eigenvalue weighted by molar-refractivity contribution is 0.0635. The second kappa shape index (κ2) is 11.5. The molecule has 0 unspecified atom stereocenters. The van der Waals surface area contributed by atoms with Gasteiger partial charge in [0.15, 0.2) is 9.84 Å². The van der Waals surface area contributed by atoms with Crippen molar-refractivity contribution in [2.24, 2.45) is 0 Å². The number of anilines is 1. The molecule has 0 spiro atoms. The van der Waals surface area contributed by atoms with E-state index in [2.05, 4.69) is 15.6 Å². The van der Waals surface area contributed by atoms with E-state index in [4.69, 9.17) is 4.74 Å². The summed E-state index contributed by atoms with van der Waals surface area (Å²) in [6, 6.07) is 11.3. The van der Waals surface area contributed by atoms with Crippen LogP contribution in [0.1, 0.15) is 44.0 Å². The number of hydrogen-bond donors (Lipinski definition) is 2. The molecule has 3 heterocycles.